The molecule has 0 unspecified atom stereocenters. The Balaban J connectivity index is 2.38. The Morgan fingerprint density at radius 1 is 1.32 bits per heavy atom. The zero-order valence-electron chi connectivity index (χ0n) is 10.1. The Morgan fingerprint density at radius 3 is 2.68 bits per heavy atom. The smallest absolute Gasteiger partial charge is 0.263 e. The summed E-state index contributed by atoms with van der Waals surface area (Å²) in [6.45, 7) is 1.78. The van der Waals surface area contributed by atoms with Crippen LogP contribution in [0, 0.1) is 6.92 Å². The summed E-state index contributed by atoms with van der Waals surface area (Å²) in [5, 5.41) is 0. The number of aromatic nitrogens is 1. The van der Waals surface area contributed by atoms with Gasteiger partial charge >= 0.3 is 0 Å². The molecular weight excluding hydrogens is 330 g/mol. The van der Waals surface area contributed by atoms with E-state index in [-0.39, 0.29) is 4.90 Å². The largest absolute Gasteiger partial charge is 0.398 e. The van der Waals surface area contributed by atoms with E-state index in [9.17, 15) is 8.42 Å². The number of nitrogens with two attached hydrogens (primary N) is 1. The van der Waals surface area contributed by atoms with Crippen molar-refractivity contribution in [3.63, 3.8) is 0 Å². The van der Waals surface area contributed by atoms with Crippen LogP contribution in [0.15, 0.2) is 45.9 Å². The number of nitrogen functional groups attached to an aromatic ring is 1. The number of halogens is 1. The molecule has 0 fully saturated rings. The van der Waals surface area contributed by atoms with Crippen LogP contribution in [0.3, 0.4) is 0 Å². The summed E-state index contributed by atoms with van der Waals surface area (Å²) in [6.07, 6.45) is 1.53. The molecule has 0 aliphatic carbocycles. The highest BCUT2D eigenvalue weighted by atomic mass is 79.9. The fourth-order valence-corrected chi connectivity index (χ4v) is 2.83. The van der Waals surface area contributed by atoms with Gasteiger partial charge in [0.25, 0.3) is 10.0 Å². The molecule has 1 heterocycles. The van der Waals surface area contributed by atoms with Gasteiger partial charge in [-0.25, -0.2) is 13.4 Å². The first-order valence-electron chi connectivity index (χ1n) is 5.39. The van der Waals surface area contributed by atoms with Crippen LogP contribution in [0.1, 0.15) is 5.56 Å². The Morgan fingerprint density at radius 2 is 2.05 bits per heavy atom. The lowest BCUT2D eigenvalue weighted by Crippen LogP contribution is -2.15. The molecule has 0 saturated heterocycles. The third kappa shape index (κ3) is 3.05. The Kier molecular flexibility index (Phi) is 3.77. The average molecular weight is 342 g/mol. The van der Waals surface area contributed by atoms with Gasteiger partial charge in [-0.05, 0) is 52.7 Å². The molecule has 0 atom stereocenters. The highest BCUT2D eigenvalue weighted by Gasteiger charge is 2.16. The predicted molar refractivity (Wildman–Crippen MR) is 78.3 cm³/mol. The van der Waals surface area contributed by atoms with E-state index in [0.29, 0.717) is 16.0 Å². The van der Waals surface area contributed by atoms with Crippen LogP contribution in [0.5, 0.6) is 0 Å². The normalized spacial score (nSPS) is 11.3. The minimum absolute atomic E-state index is 0.0956. The summed E-state index contributed by atoms with van der Waals surface area (Å²) in [7, 11) is -3.69. The van der Waals surface area contributed by atoms with Crippen LogP contribution in [-0.4, -0.2) is 13.4 Å². The number of hydrogen-bond acceptors (Lipinski definition) is 4. The van der Waals surface area contributed by atoms with Gasteiger partial charge in [-0.15, -0.1) is 0 Å². The quantitative estimate of drug-likeness (QED) is 0.840. The first kappa shape index (κ1) is 13.8. The van der Waals surface area contributed by atoms with Crippen LogP contribution in [0.25, 0.3) is 0 Å². The van der Waals surface area contributed by atoms with Crippen LogP contribution < -0.4 is 10.5 Å². The molecule has 1 aromatic heterocycles. The van der Waals surface area contributed by atoms with Gasteiger partial charge in [-0.1, -0.05) is 6.07 Å². The number of benzene rings is 1. The molecule has 0 radical (unpaired) electrons. The van der Waals surface area contributed by atoms with Crippen molar-refractivity contribution in [2.45, 2.75) is 11.8 Å². The summed E-state index contributed by atoms with van der Waals surface area (Å²) in [5.41, 5.74) is 6.79. The summed E-state index contributed by atoms with van der Waals surface area (Å²) < 4.78 is 27.5. The van der Waals surface area contributed by atoms with E-state index in [0.717, 1.165) is 5.56 Å². The molecule has 0 spiro atoms. The fourth-order valence-electron chi connectivity index (χ4n) is 1.47. The Bertz CT molecular complexity index is 717. The number of rotatable bonds is 3. The lowest BCUT2D eigenvalue weighted by Gasteiger charge is -2.10. The second kappa shape index (κ2) is 5.18. The summed E-state index contributed by atoms with van der Waals surface area (Å²) >= 11 is 3.22. The number of anilines is 2. The SMILES string of the molecule is Cc1cccnc1NS(=O)(=O)c1ccc(Br)c(N)c1. The van der Waals surface area contributed by atoms with E-state index in [1.54, 1.807) is 25.1 Å². The lowest BCUT2D eigenvalue weighted by atomic mass is 10.3. The highest BCUT2D eigenvalue weighted by Crippen LogP contribution is 2.24. The molecule has 0 bridgehead atoms. The van der Waals surface area contributed by atoms with Gasteiger partial charge in [-0.3, -0.25) is 4.72 Å². The molecule has 0 saturated carbocycles. The van der Waals surface area contributed by atoms with Crippen molar-refractivity contribution in [3.8, 4) is 0 Å². The third-order valence-electron chi connectivity index (χ3n) is 2.52. The molecular formula is C12H12BrN3O2S. The van der Waals surface area contributed by atoms with Crippen LogP contribution in [0.4, 0.5) is 11.5 Å². The number of sulfonamides is 1. The van der Waals surface area contributed by atoms with E-state index in [1.165, 1.54) is 18.3 Å². The molecule has 3 N–H and O–H groups in total. The first-order valence-corrected chi connectivity index (χ1v) is 7.67. The molecule has 1 aromatic carbocycles. The standard InChI is InChI=1S/C12H12BrN3O2S/c1-8-3-2-6-15-12(8)16-19(17,18)9-4-5-10(13)11(14)7-9/h2-7H,14H2,1H3,(H,15,16). The van der Waals surface area contributed by atoms with Crippen LogP contribution >= 0.6 is 15.9 Å². The van der Waals surface area contributed by atoms with Crippen molar-refractivity contribution in [2.24, 2.45) is 0 Å². The van der Waals surface area contributed by atoms with E-state index < -0.39 is 10.0 Å². The van der Waals surface area contributed by atoms with Crippen LogP contribution in [0.2, 0.25) is 0 Å². The second-order valence-electron chi connectivity index (χ2n) is 3.96. The molecule has 2 aromatic rings. The lowest BCUT2D eigenvalue weighted by molar-refractivity contribution is 0.601. The summed E-state index contributed by atoms with van der Waals surface area (Å²) in [4.78, 5) is 4.09. The maximum absolute atomic E-state index is 12.2. The van der Waals surface area contributed by atoms with Crippen molar-refractivity contribution in [1.82, 2.24) is 4.98 Å². The van der Waals surface area contributed by atoms with E-state index >= 15 is 0 Å². The molecule has 0 aliphatic heterocycles. The number of aryl methyl sites for hydroxylation is 1. The average Bonchev–Trinajstić information content (AvgIpc) is 2.35. The van der Waals surface area contributed by atoms with Crippen molar-refractivity contribution >= 4 is 37.5 Å². The van der Waals surface area contributed by atoms with Crippen molar-refractivity contribution in [3.05, 3.63) is 46.6 Å². The van der Waals surface area contributed by atoms with E-state index in [1.807, 2.05) is 0 Å². The van der Waals surface area contributed by atoms with Gasteiger partial charge in [-0.2, -0.15) is 0 Å². The van der Waals surface area contributed by atoms with Crippen LogP contribution in [-0.2, 0) is 10.0 Å². The van der Waals surface area contributed by atoms with E-state index in [4.69, 9.17) is 5.73 Å². The van der Waals surface area contributed by atoms with Crippen molar-refractivity contribution < 1.29 is 8.42 Å². The van der Waals surface area contributed by atoms with Gasteiger partial charge in [0.05, 0.1) is 4.90 Å². The fraction of sp³-hybridized carbons (Fsp3) is 0.0833. The molecule has 100 valence electrons. The maximum atomic E-state index is 12.2. The van der Waals surface area contributed by atoms with Gasteiger partial charge in [0, 0.05) is 16.4 Å². The van der Waals surface area contributed by atoms with Gasteiger partial charge < -0.3 is 5.73 Å². The van der Waals surface area contributed by atoms with Gasteiger partial charge in [0.1, 0.15) is 5.82 Å². The van der Waals surface area contributed by atoms with Crippen molar-refractivity contribution in [2.75, 3.05) is 10.5 Å². The highest BCUT2D eigenvalue weighted by molar-refractivity contribution is 9.10. The minimum Gasteiger partial charge on any atom is -0.398 e. The molecule has 19 heavy (non-hydrogen) atoms. The summed E-state index contributed by atoms with van der Waals surface area (Å²) in [6, 6.07) is 7.98. The number of hydrogen-bond donors (Lipinski definition) is 2. The summed E-state index contributed by atoms with van der Waals surface area (Å²) in [5.74, 6) is 0.309. The predicted octanol–water partition coefficient (Wildman–Crippen LogP) is 2.54. The van der Waals surface area contributed by atoms with E-state index in [2.05, 4.69) is 25.6 Å². The monoisotopic (exact) mass is 341 g/mol. The number of nitrogens with zero attached hydrogens (tertiary/aromatic N) is 1. The first-order chi connectivity index (χ1) is 8.90. The minimum atomic E-state index is -3.69. The Hall–Kier alpha value is -1.60. The zero-order chi connectivity index (χ0) is 14.0. The Labute approximate surface area is 120 Å². The third-order valence-corrected chi connectivity index (χ3v) is 4.58. The van der Waals surface area contributed by atoms with Crippen molar-refractivity contribution in [1.29, 1.82) is 0 Å². The zero-order valence-corrected chi connectivity index (χ0v) is 12.5. The van der Waals surface area contributed by atoms with Gasteiger partial charge in [0.15, 0.2) is 0 Å². The second-order valence-corrected chi connectivity index (χ2v) is 6.49. The molecule has 2 rings (SSSR count). The molecule has 0 aliphatic rings. The topological polar surface area (TPSA) is 85.1 Å². The molecule has 5 nitrogen and oxygen atoms in total. The molecule has 0 amide bonds. The number of nitrogens with one attached hydrogen (secondary N) is 1. The molecule has 7 heteroatoms. The van der Waals surface area contributed by atoms with Gasteiger partial charge in [0.2, 0.25) is 0 Å². The maximum Gasteiger partial charge on any atom is 0.263 e. The number of pyridine rings is 1.